The first-order chi connectivity index (χ1) is 13.6. The largest absolute Gasteiger partial charge is 0.497 e. The van der Waals surface area contributed by atoms with Gasteiger partial charge in [-0.05, 0) is 61.5 Å². The molecule has 1 aromatic heterocycles. The number of aromatic amines is 1. The number of ether oxygens (including phenoxy) is 2. The van der Waals surface area contributed by atoms with Gasteiger partial charge in [0.05, 0.1) is 12.6 Å². The third-order valence-corrected chi connectivity index (χ3v) is 4.73. The van der Waals surface area contributed by atoms with Crippen LogP contribution < -0.4 is 14.9 Å². The predicted octanol–water partition coefficient (Wildman–Crippen LogP) is 4.34. The second-order valence-electron chi connectivity index (χ2n) is 6.56. The molecule has 140 valence electrons. The van der Waals surface area contributed by atoms with Gasteiger partial charge in [0.25, 0.3) is 0 Å². The predicted molar refractivity (Wildman–Crippen MR) is 109 cm³/mol. The van der Waals surface area contributed by atoms with Crippen molar-refractivity contribution in [1.82, 2.24) is 4.98 Å². The van der Waals surface area contributed by atoms with Crippen LogP contribution >= 0.6 is 0 Å². The highest BCUT2D eigenvalue weighted by Crippen LogP contribution is 2.22. The second-order valence-corrected chi connectivity index (χ2v) is 6.56. The molecule has 0 aliphatic heterocycles. The van der Waals surface area contributed by atoms with Crippen molar-refractivity contribution < 1.29 is 14.3 Å². The van der Waals surface area contributed by atoms with Gasteiger partial charge in [-0.3, -0.25) is 9.59 Å². The lowest BCUT2D eigenvalue weighted by atomic mass is 10.1. The molecule has 0 aliphatic carbocycles. The quantitative estimate of drug-likeness (QED) is 0.417. The van der Waals surface area contributed by atoms with Crippen LogP contribution in [0, 0.1) is 0 Å². The van der Waals surface area contributed by atoms with E-state index in [-0.39, 0.29) is 11.2 Å². The van der Waals surface area contributed by atoms with Crippen molar-refractivity contribution >= 4 is 27.6 Å². The van der Waals surface area contributed by atoms with Crippen molar-refractivity contribution in [3.8, 4) is 11.5 Å². The number of hydrogen-bond acceptors (Lipinski definition) is 4. The summed E-state index contributed by atoms with van der Waals surface area (Å²) in [5.74, 6) is 1.02. The molecule has 0 saturated carbocycles. The number of nitrogens with one attached hydrogen (secondary N) is 1. The Bertz CT molecular complexity index is 1230. The van der Waals surface area contributed by atoms with Crippen molar-refractivity contribution in [1.29, 1.82) is 0 Å². The highest BCUT2D eigenvalue weighted by Gasteiger charge is 2.17. The van der Waals surface area contributed by atoms with E-state index in [1.54, 1.807) is 62.6 Å². The lowest BCUT2D eigenvalue weighted by Crippen LogP contribution is -2.24. The molecule has 0 bridgehead atoms. The molecule has 0 saturated heterocycles. The average Bonchev–Trinajstić information content (AvgIpc) is 2.74. The molecule has 1 heterocycles. The number of Topliss-reactive ketones (excluding diaryl/α,β-unsaturated/α-hetero) is 1. The van der Waals surface area contributed by atoms with Gasteiger partial charge in [-0.1, -0.05) is 12.1 Å². The zero-order valence-electron chi connectivity index (χ0n) is 15.6. The number of methoxy groups -OCH3 is 1. The number of rotatable bonds is 5. The molecule has 1 N–H and O–H groups in total. The molecular formula is C23H19NO4. The van der Waals surface area contributed by atoms with Gasteiger partial charge in [0.2, 0.25) is 5.78 Å². The van der Waals surface area contributed by atoms with E-state index in [4.69, 9.17) is 9.47 Å². The number of aromatic nitrogens is 1. The van der Waals surface area contributed by atoms with Crippen molar-refractivity contribution in [2.24, 2.45) is 0 Å². The number of fused-ring (bicyclic) bond motifs is 2. The van der Waals surface area contributed by atoms with Crippen LogP contribution in [-0.4, -0.2) is 24.0 Å². The average molecular weight is 373 g/mol. The van der Waals surface area contributed by atoms with E-state index in [9.17, 15) is 9.59 Å². The normalized spacial score (nSPS) is 12.1. The maximum atomic E-state index is 12.8. The van der Waals surface area contributed by atoms with Crippen LogP contribution in [0.15, 0.2) is 71.5 Å². The first kappa shape index (κ1) is 17.8. The Kier molecular flexibility index (Phi) is 4.57. The standard InChI is InChI=1S/C23H19NO4/c1-14(22(25)15-7-9-16(27-2)10-8-15)28-17-11-12-21-19(13-17)23(26)18-5-3-4-6-20(18)24-21/h3-14H,1-2H3,(H,24,26)/t14-/m0/s1. The number of carbonyl (C=O) groups excluding carboxylic acids is 1. The van der Waals surface area contributed by atoms with Crippen LogP contribution in [0.4, 0.5) is 0 Å². The van der Waals surface area contributed by atoms with Crippen molar-refractivity contribution in [3.05, 3.63) is 82.5 Å². The Labute approximate surface area is 161 Å². The molecule has 28 heavy (non-hydrogen) atoms. The zero-order chi connectivity index (χ0) is 19.7. The molecule has 0 amide bonds. The first-order valence-corrected chi connectivity index (χ1v) is 8.96. The summed E-state index contributed by atoms with van der Waals surface area (Å²) >= 11 is 0. The van der Waals surface area contributed by atoms with Crippen LogP contribution in [0.1, 0.15) is 17.3 Å². The highest BCUT2D eigenvalue weighted by atomic mass is 16.5. The number of pyridine rings is 1. The van der Waals surface area contributed by atoms with Crippen LogP contribution in [0.2, 0.25) is 0 Å². The number of benzene rings is 3. The van der Waals surface area contributed by atoms with Gasteiger partial charge in [-0.2, -0.15) is 0 Å². The van der Waals surface area contributed by atoms with E-state index >= 15 is 0 Å². The Morgan fingerprint density at radius 2 is 1.57 bits per heavy atom. The molecule has 5 nitrogen and oxygen atoms in total. The molecule has 0 spiro atoms. The number of hydrogen-bond donors (Lipinski definition) is 1. The molecule has 1 atom stereocenters. The minimum Gasteiger partial charge on any atom is -0.497 e. The fourth-order valence-electron chi connectivity index (χ4n) is 3.22. The van der Waals surface area contributed by atoms with E-state index in [1.807, 2.05) is 18.2 Å². The Morgan fingerprint density at radius 1 is 0.893 bits per heavy atom. The van der Waals surface area contributed by atoms with Gasteiger partial charge in [0.15, 0.2) is 11.5 Å². The van der Waals surface area contributed by atoms with Crippen LogP contribution in [-0.2, 0) is 0 Å². The van der Waals surface area contributed by atoms with Gasteiger partial charge in [-0.15, -0.1) is 0 Å². The number of H-pyrrole nitrogens is 1. The van der Waals surface area contributed by atoms with Gasteiger partial charge >= 0.3 is 0 Å². The fraction of sp³-hybridized carbons (Fsp3) is 0.130. The Balaban J connectivity index is 1.63. The second kappa shape index (κ2) is 7.19. The van der Waals surface area contributed by atoms with Gasteiger partial charge in [0.1, 0.15) is 11.5 Å². The van der Waals surface area contributed by atoms with Crippen LogP contribution in [0.25, 0.3) is 21.8 Å². The van der Waals surface area contributed by atoms with E-state index in [1.165, 1.54) is 0 Å². The minimum atomic E-state index is -0.689. The maximum Gasteiger partial charge on any atom is 0.202 e. The summed E-state index contributed by atoms with van der Waals surface area (Å²) in [7, 11) is 1.58. The fourth-order valence-corrected chi connectivity index (χ4v) is 3.22. The summed E-state index contributed by atoms with van der Waals surface area (Å²) in [5.41, 5.74) is 1.99. The molecular weight excluding hydrogens is 354 g/mol. The van der Waals surface area contributed by atoms with Gasteiger partial charge in [-0.25, -0.2) is 0 Å². The minimum absolute atomic E-state index is 0.0658. The maximum absolute atomic E-state index is 12.8. The summed E-state index contributed by atoms with van der Waals surface area (Å²) in [5, 5.41) is 1.15. The summed E-state index contributed by atoms with van der Waals surface area (Å²) in [6.45, 7) is 1.70. The molecule has 4 rings (SSSR count). The summed E-state index contributed by atoms with van der Waals surface area (Å²) in [6, 6.07) is 19.5. The van der Waals surface area contributed by atoms with Gasteiger partial charge < -0.3 is 14.5 Å². The number of para-hydroxylation sites is 1. The number of carbonyl (C=O) groups is 1. The van der Waals surface area contributed by atoms with Crippen molar-refractivity contribution in [2.45, 2.75) is 13.0 Å². The lowest BCUT2D eigenvalue weighted by molar-refractivity contribution is 0.0818. The van der Waals surface area contributed by atoms with Crippen LogP contribution in [0.5, 0.6) is 11.5 Å². The summed E-state index contributed by atoms with van der Waals surface area (Å²) in [6.07, 6.45) is -0.689. The Morgan fingerprint density at radius 3 is 2.32 bits per heavy atom. The molecule has 4 aromatic rings. The first-order valence-electron chi connectivity index (χ1n) is 8.96. The SMILES string of the molecule is COc1ccc(C(=O)[C@H](C)Oc2ccc3[nH]c4ccccc4c(=O)c3c2)cc1. The van der Waals surface area contributed by atoms with E-state index in [2.05, 4.69) is 4.98 Å². The van der Waals surface area contributed by atoms with E-state index < -0.39 is 6.10 Å². The molecule has 0 fully saturated rings. The molecule has 0 aliphatic rings. The van der Waals surface area contributed by atoms with E-state index in [0.29, 0.717) is 27.8 Å². The van der Waals surface area contributed by atoms with Crippen molar-refractivity contribution in [3.63, 3.8) is 0 Å². The third kappa shape index (κ3) is 3.22. The van der Waals surface area contributed by atoms with Crippen LogP contribution in [0.3, 0.4) is 0 Å². The molecule has 0 unspecified atom stereocenters. The van der Waals surface area contributed by atoms with Gasteiger partial charge in [0, 0.05) is 21.9 Å². The molecule has 3 aromatic carbocycles. The molecule has 5 heteroatoms. The smallest absolute Gasteiger partial charge is 0.202 e. The third-order valence-electron chi connectivity index (χ3n) is 4.73. The van der Waals surface area contributed by atoms with Crippen molar-refractivity contribution in [2.75, 3.05) is 7.11 Å². The Hall–Kier alpha value is -3.60. The van der Waals surface area contributed by atoms with E-state index in [0.717, 1.165) is 11.0 Å². The topological polar surface area (TPSA) is 68.4 Å². The number of ketones is 1. The summed E-state index contributed by atoms with van der Waals surface area (Å²) in [4.78, 5) is 28.7. The highest BCUT2D eigenvalue weighted by molar-refractivity contribution is 5.99. The molecule has 0 radical (unpaired) electrons. The monoisotopic (exact) mass is 373 g/mol. The summed E-state index contributed by atoms with van der Waals surface area (Å²) < 4.78 is 10.9. The zero-order valence-corrected chi connectivity index (χ0v) is 15.6. The lowest BCUT2D eigenvalue weighted by Gasteiger charge is -2.14.